The topological polar surface area (TPSA) is 63.7 Å². The van der Waals surface area contributed by atoms with Crippen LogP contribution in [0.3, 0.4) is 0 Å². The number of hydrogen-bond acceptors (Lipinski definition) is 4. The normalized spacial score (nSPS) is 26.6. The third kappa shape index (κ3) is 3.63. The molecule has 2 atom stereocenters. The number of carbonyl (C=O) groups is 1. The molecule has 132 valence electrons. The Morgan fingerprint density at radius 3 is 2.30 bits per heavy atom. The minimum Gasteiger partial charge on any atom is -0.459 e. The molecule has 23 heavy (non-hydrogen) atoms. The van der Waals surface area contributed by atoms with Gasteiger partial charge >= 0.3 is 5.97 Å². The van der Waals surface area contributed by atoms with Crippen molar-refractivity contribution >= 4 is 16.0 Å². The first kappa shape index (κ1) is 18.5. The molecule has 0 aromatic rings. The minimum absolute atomic E-state index is 0.189. The molecule has 0 saturated heterocycles. The van der Waals surface area contributed by atoms with Crippen molar-refractivity contribution in [1.82, 2.24) is 4.31 Å². The van der Waals surface area contributed by atoms with Crippen molar-refractivity contribution in [2.75, 3.05) is 0 Å². The number of carbonyl (C=O) groups excluding carboxylic acids is 1. The molecular formula is C17H29NO4S. The summed E-state index contributed by atoms with van der Waals surface area (Å²) >= 11 is 0. The summed E-state index contributed by atoms with van der Waals surface area (Å²) in [6, 6.07) is -1.03. The Balaban J connectivity index is 2.41. The largest absolute Gasteiger partial charge is 0.459 e. The predicted octanol–water partition coefficient (Wildman–Crippen LogP) is 3.01. The van der Waals surface area contributed by atoms with Crippen LogP contribution < -0.4 is 0 Å². The molecule has 0 spiro atoms. The van der Waals surface area contributed by atoms with E-state index in [-0.39, 0.29) is 6.04 Å². The number of esters is 1. The zero-order valence-electron chi connectivity index (χ0n) is 15.0. The highest BCUT2D eigenvalue weighted by atomic mass is 32.2. The highest BCUT2D eigenvalue weighted by molar-refractivity contribution is 7.90. The van der Waals surface area contributed by atoms with Crippen LogP contribution in [0.25, 0.3) is 0 Å². The predicted molar refractivity (Wildman–Crippen MR) is 90.5 cm³/mol. The van der Waals surface area contributed by atoms with E-state index in [0.29, 0.717) is 0 Å². The summed E-state index contributed by atoms with van der Waals surface area (Å²) in [5.41, 5.74) is 0.431. The van der Waals surface area contributed by atoms with Gasteiger partial charge in [0.25, 0.3) is 0 Å². The quantitative estimate of drug-likeness (QED) is 0.571. The van der Waals surface area contributed by atoms with Gasteiger partial charge in [-0.05, 0) is 60.8 Å². The van der Waals surface area contributed by atoms with E-state index in [1.807, 2.05) is 6.08 Å². The molecule has 0 N–H and O–H groups in total. The van der Waals surface area contributed by atoms with Crippen molar-refractivity contribution in [3.05, 3.63) is 11.6 Å². The number of nitrogens with zero attached hydrogens (tertiary/aromatic N) is 1. The Bertz CT molecular complexity index is 607. The summed E-state index contributed by atoms with van der Waals surface area (Å²) in [6.07, 6.45) is 5.49. The van der Waals surface area contributed by atoms with E-state index in [2.05, 4.69) is 0 Å². The van der Waals surface area contributed by atoms with Crippen LogP contribution in [0.1, 0.15) is 67.2 Å². The van der Waals surface area contributed by atoms with Crippen LogP contribution in [-0.4, -0.2) is 41.1 Å². The molecule has 0 bridgehead atoms. The molecule has 2 rings (SSSR count). The maximum absolute atomic E-state index is 13.1. The first-order valence-corrected chi connectivity index (χ1v) is 9.75. The van der Waals surface area contributed by atoms with Crippen LogP contribution >= 0.6 is 0 Å². The van der Waals surface area contributed by atoms with Crippen LogP contribution in [0.4, 0.5) is 0 Å². The molecule has 2 aliphatic rings. The smallest absolute Gasteiger partial charge is 0.328 e. The average molecular weight is 343 g/mol. The first-order valence-electron chi connectivity index (χ1n) is 8.31. The molecule has 5 nitrogen and oxygen atoms in total. The Kier molecular flexibility index (Phi) is 4.72. The van der Waals surface area contributed by atoms with Crippen LogP contribution in [0.2, 0.25) is 0 Å². The summed E-state index contributed by atoms with van der Waals surface area (Å²) in [7, 11) is -3.62. The summed E-state index contributed by atoms with van der Waals surface area (Å²) < 4.78 is 32.1. The fourth-order valence-corrected chi connectivity index (χ4v) is 4.80. The first-order chi connectivity index (χ1) is 10.3. The van der Waals surface area contributed by atoms with Gasteiger partial charge in [-0.1, -0.05) is 18.1 Å². The van der Waals surface area contributed by atoms with Crippen LogP contribution in [-0.2, 0) is 19.6 Å². The Labute approximate surface area is 140 Å². The molecule has 1 saturated carbocycles. The lowest BCUT2D eigenvalue weighted by atomic mass is 9.92. The van der Waals surface area contributed by atoms with Crippen molar-refractivity contribution in [3.63, 3.8) is 0 Å². The molecule has 0 unspecified atom stereocenters. The van der Waals surface area contributed by atoms with Gasteiger partial charge in [-0.2, -0.15) is 4.31 Å². The molecule has 1 heterocycles. The number of fused-ring (bicyclic) bond motifs is 1. The van der Waals surface area contributed by atoms with Crippen molar-refractivity contribution in [2.45, 2.75) is 89.7 Å². The van der Waals surface area contributed by atoms with Gasteiger partial charge in [0.05, 0.1) is 4.75 Å². The van der Waals surface area contributed by atoms with E-state index >= 15 is 0 Å². The van der Waals surface area contributed by atoms with Gasteiger partial charge < -0.3 is 4.74 Å². The molecule has 1 aliphatic heterocycles. The highest BCUT2D eigenvalue weighted by Crippen LogP contribution is 2.40. The molecule has 1 aliphatic carbocycles. The van der Waals surface area contributed by atoms with Crippen LogP contribution in [0, 0.1) is 0 Å². The second-order valence-electron chi connectivity index (χ2n) is 8.43. The van der Waals surface area contributed by atoms with Gasteiger partial charge in [0.1, 0.15) is 11.6 Å². The van der Waals surface area contributed by atoms with Gasteiger partial charge in [0, 0.05) is 6.04 Å². The van der Waals surface area contributed by atoms with Crippen molar-refractivity contribution < 1.29 is 17.9 Å². The molecule has 0 amide bonds. The maximum atomic E-state index is 13.1. The van der Waals surface area contributed by atoms with Crippen molar-refractivity contribution in [3.8, 4) is 0 Å². The lowest BCUT2D eigenvalue weighted by Gasteiger charge is -2.37. The monoisotopic (exact) mass is 343 g/mol. The highest BCUT2D eigenvalue weighted by Gasteiger charge is 2.50. The number of hydrogen-bond donors (Lipinski definition) is 0. The number of ether oxygens (including phenoxy) is 1. The Morgan fingerprint density at radius 1 is 1.17 bits per heavy atom. The molecule has 0 aromatic carbocycles. The average Bonchev–Trinajstić information content (AvgIpc) is 2.75. The van der Waals surface area contributed by atoms with E-state index in [1.165, 1.54) is 4.31 Å². The lowest BCUT2D eigenvalue weighted by molar-refractivity contribution is -0.157. The van der Waals surface area contributed by atoms with E-state index in [4.69, 9.17) is 4.74 Å². The lowest BCUT2D eigenvalue weighted by Crippen LogP contribution is -2.53. The third-order valence-corrected chi connectivity index (χ3v) is 6.86. The Morgan fingerprint density at radius 2 is 1.78 bits per heavy atom. The molecule has 1 fully saturated rings. The van der Waals surface area contributed by atoms with E-state index in [9.17, 15) is 13.2 Å². The van der Waals surface area contributed by atoms with Gasteiger partial charge in [-0.3, -0.25) is 0 Å². The van der Waals surface area contributed by atoms with Gasteiger partial charge in [0.2, 0.25) is 10.0 Å². The molecule has 6 heteroatoms. The SMILES string of the molecule is CC(C)(C)OC(=O)[C@@H]1C=C2CCCC[C@H]2N1S(=O)(=O)C(C)(C)C. The summed E-state index contributed by atoms with van der Waals surface area (Å²) in [4.78, 5) is 12.6. The fraction of sp³-hybridized carbons (Fsp3) is 0.824. The zero-order chi connectivity index (χ0) is 17.6. The standard InChI is InChI=1S/C17H29NO4S/c1-16(2,3)22-15(19)14-11-12-9-7-8-10-13(12)18(14)23(20,21)17(4,5)6/h11,13-14H,7-10H2,1-6H3/t13-,14+/m1/s1. The molecule has 0 aromatic heterocycles. The van der Waals surface area contributed by atoms with E-state index in [1.54, 1.807) is 41.5 Å². The summed E-state index contributed by atoms with van der Waals surface area (Å²) in [5.74, 6) is -0.479. The number of sulfonamides is 1. The van der Waals surface area contributed by atoms with Crippen LogP contribution in [0.5, 0.6) is 0 Å². The summed E-state index contributed by atoms with van der Waals surface area (Å²) in [6.45, 7) is 10.4. The van der Waals surface area contributed by atoms with Gasteiger partial charge in [0.15, 0.2) is 0 Å². The van der Waals surface area contributed by atoms with Gasteiger partial charge in [-0.15, -0.1) is 0 Å². The minimum atomic E-state index is -3.62. The van der Waals surface area contributed by atoms with Gasteiger partial charge in [-0.25, -0.2) is 13.2 Å². The molecule has 0 radical (unpaired) electrons. The second-order valence-corrected chi connectivity index (χ2v) is 11.0. The second kappa shape index (κ2) is 5.88. The van der Waals surface area contributed by atoms with E-state index in [0.717, 1.165) is 31.3 Å². The van der Waals surface area contributed by atoms with Crippen molar-refractivity contribution in [2.24, 2.45) is 0 Å². The number of rotatable bonds is 2. The molecular weight excluding hydrogens is 314 g/mol. The zero-order valence-corrected chi connectivity index (χ0v) is 15.9. The fourth-order valence-electron chi connectivity index (χ4n) is 3.14. The van der Waals surface area contributed by atoms with Crippen LogP contribution in [0.15, 0.2) is 11.6 Å². The van der Waals surface area contributed by atoms with Crippen molar-refractivity contribution in [1.29, 1.82) is 0 Å². The maximum Gasteiger partial charge on any atom is 0.328 e. The van der Waals surface area contributed by atoms with E-state index < -0.39 is 32.4 Å². The third-order valence-electron chi connectivity index (χ3n) is 4.27. The Hall–Kier alpha value is -0.880. The summed E-state index contributed by atoms with van der Waals surface area (Å²) in [5, 5.41) is 0.